The van der Waals surface area contributed by atoms with Gasteiger partial charge in [-0.1, -0.05) is 24.3 Å². The molecule has 3 amide bonds. The van der Waals surface area contributed by atoms with Gasteiger partial charge in [0.25, 0.3) is 0 Å². The summed E-state index contributed by atoms with van der Waals surface area (Å²) < 4.78 is 4.54. The number of alkyl carbamates (subject to hydrolysis) is 1. The summed E-state index contributed by atoms with van der Waals surface area (Å²) in [5.41, 5.74) is 3.83. The molecule has 1 fully saturated rings. The Kier molecular flexibility index (Phi) is 7.12. The largest absolute Gasteiger partial charge is 0.453 e. The van der Waals surface area contributed by atoms with Crippen molar-refractivity contribution in [1.29, 1.82) is 0 Å². The maximum Gasteiger partial charge on any atom is 0.407 e. The van der Waals surface area contributed by atoms with Crippen LogP contribution >= 0.6 is 0 Å². The summed E-state index contributed by atoms with van der Waals surface area (Å²) in [5, 5.41) is 8.45. The SMILES string of the molecule is CNc1ccc(-c2ccc(NC(=O)C3CCCN3C(=O)C(C)NC(=O)OC)cc2)cc1. The van der Waals surface area contributed by atoms with Crippen molar-refractivity contribution in [3.63, 3.8) is 0 Å². The van der Waals surface area contributed by atoms with Crippen molar-refractivity contribution in [2.24, 2.45) is 0 Å². The number of rotatable bonds is 6. The third-order valence-electron chi connectivity index (χ3n) is 5.39. The van der Waals surface area contributed by atoms with E-state index in [9.17, 15) is 14.4 Å². The number of amides is 3. The van der Waals surface area contributed by atoms with E-state index >= 15 is 0 Å². The molecular formula is C23H28N4O4. The predicted molar refractivity (Wildman–Crippen MR) is 120 cm³/mol. The maximum atomic E-state index is 12.8. The highest BCUT2D eigenvalue weighted by Crippen LogP contribution is 2.24. The number of ether oxygens (including phenoxy) is 1. The van der Waals surface area contributed by atoms with Gasteiger partial charge in [0.2, 0.25) is 11.8 Å². The molecule has 0 aromatic heterocycles. The molecule has 2 atom stereocenters. The number of methoxy groups -OCH3 is 1. The van der Waals surface area contributed by atoms with Crippen LogP contribution in [0.5, 0.6) is 0 Å². The lowest BCUT2D eigenvalue weighted by atomic mass is 10.0. The van der Waals surface area contributed by atoms with Crippen molar-refractivity contribution in [3.05, 3.63) is 48.5 Å². The van der Waals surface area contributed by atoms with Crippen LogP contribution in [-0.4, -0.2) is 55.6 Å². The van der Waals surface area contributed by atoms with Gasteiger partial charge in [0.15, 0.2) is 0 Å². The second kappa shape index (κ2) is 9.97. The Hall–Kier alpha value is -3.55. The van der Waals surface area contributed by atoms with Crippen LogP contribution in [-0.2, 0) is 14.3 Å². The normalized spacial score (nSPS) is 16.4. The van der Waals surface area contributed by atoms with Gasteiger partial charge in [-0.05, 0) is 55.2 Å². The molecule has 2 aromatic rings. The standard InChI is InChI=1S/C23H28N4O4/c1-15(25-23(30)31-3)22(29)27-14-4-5-20(27)21(28)26-19-12-8-17(9-13-19)16-6-10-18(24-2)11-7-16/h6-13,15,20,24H,4-5,14H2,1-3H3,(H,25,30)(H,26,28). The third-order valence-corrected chi connectivity index (χ3v) is 5.39. The first-order valence-corrected chi connectivity index (χ1v) is 10.3. The minimum absolute atomic E-state index is 0.234. The van der Waals surface area contributed by atoms with E-state index in [1.165, 1.54) is 12.0 Å². The number of nitrogens with zero attached hydrogens (tertiary/aromatic N) is 1. The number of likely N-dealkylation sites (tertiary alicyclic amines) is 1. The van der Waals surface area contributed by atoms with E-state index in [2.05, 4.69) is 20.7 Å². The predicted octanol–water partition coefficient (Wildman–Crippen LogP) is 3.07. The maximum absolute atomic E-state index is 12.8. The smallest absolute Gasteiger partial charge is 0.407 e. The zero-order chi connectivity index (χ0) is 22.4. The number of nitrogens with one attached hydrogen (secondary N) is 3. The second-order valence-electron chi connectivity index (χ2n) is 7.44. The fourth-order valence-corrected chi connectivity index (χ4v) is 3.65. The van der Waals surface area contributed by atoms with Crippen molar-refractivity contribution in [3.8, 4) is 11.1 Å². The minimum Gasteiger partial charge on any atom is -0.453 e. The van der Waals surface area contributed by atoms with Crippen molar-refractivity contribution in [2.45, 2.75) is 31.8 Å². The van der Waals surface area contributed by atoms with Crippen LogP contribution in [0.25, 0.3) is 11.1 Å². The van der Waals surface area contributed by atoms with Gasteiger partial charge in [0.05, 0.1) is 7.11 Å². The molecule has 0 saturated carbocycles. The highest BCUT2D eigenvalue weighted by atomic mass is 16.5. The van der Waals surface area contributed by atoms with Crippen LogP contribution in [0.3, 0.4) is 0 Å². The van der Waals surface area contributed by atoms with Crippen molar-refractivity contribution in [2.75, 3.05) is 31.3 Å². The fraction of sp³-hybridized carbons (Fsp3) is 0.348. The lowest BCUT2D eigenvalue weighted by Gasteiger charge is -2.27. The number of carbonyl (C=O) groups is 3. The monoisotopic (exact) mass is 424 g/mol. The molecule has 2 aromatic carbocycles. The number of benzene rings is 2. The summed E-state index contributed by atoms with van der Waals surface area (Å²) in [6.45, 7) is 2.06. The van der Waals surface area contributed by atoms with Crippen molar-refractivity contribution < 1.29 is 19.1 Å². The van der Waals surface area contributed by atoms with E-state index in [4.69, 9.17) is 0 Å². The molecule has 1 heterocycles. The Labute approximate surface area is 182 Å². The highest BCUT2D eigenvalue weighted by molar-refractivity contribution is 5.98. The molecule has 0 radical (unpaired) electrons. The summed E-state index contributed by atoms with van der Waals surface area (Å²) in [4.78, 5) is 38.4. The number of carbonyl (C=O) groups excluding carboxylic acids is 3. The molecule has 1 saturated heterocycles. The zero-order valence-corrected chi connectivity index (χ0v) is 18.0. The Morgan fingerprint density at radius 3 is 2.13 bits per heavy atom. The number of hydrogen-bond acceptors (Lipinski definition) is 5. The molecule has 3 N–H and O–H groups in total. The first-order chi connectivity index (χ1) is 14.9. The topological polar surface area (TPSA) is 99.8 Å². The van der Waals surface area contributed by atoms with Gasteiger partial charge in [0.1, 0.15) is 12.1 Å². The number of anilines is 2. The molecule has 164 valence electrons. The van der Waals surface area contributed by atoms with Crippen molar-refractivity contribution in [1.82, 2.24) is 10.2 Å². The Bertz CT molecular complexity index is 928. The average molecular weight is 425 g/mol. The summed E-state index contributed by atoms with van der Waals surface area (Å²) in [6.07, 6.45) is 0.635. The summed E-state index contributed by atoms with van der Waals surface area (Å²) in [5.74, 6) is -0.536. The van der Waals surface area contributed by atoms with Gasteiger partial charge in [0, 0.05) is 25.0 Å². The van der Waals surface area contributed by atoms with Crippen molar-refractivity contribution >= 4 is 29.3 Å². The lowest BCUT2D eigenvalue weighted by Crippen LogP contribution is -2.51. The van der Waals surface area contributed by atoms with E-state index in [0.717, 1.165) is 23.2 Å². The van der Waals surface area contributed by atoms with Crippen LogP contribution < -0.4 is 16.0 Å². The van der Waals surface area contributed by atoms with Gasteiger partial charge in [-0.2, -0.15) is 0 Å². The molecule has 0 spiro atoms. The Morgan fingerprint density at radius 2 is 1.58 bits per heavy atom. The molecular weight excluding hydrogens is 396 g/mol. The Morgan fingerprint density at radius 1 is 1.00 bits per heavy atom. The van der Waals surface area contributed by atoms with Crippen LogP contribution in [0.2, 0.25) is 0 Å². The molecule has 8 heteroatoms. The van der Waals surface area contributed by atoms with E-state index in [-0.39, 0.29) is 11.8 Å². The molecule has 0 aliphatic carbocycles. The molecule has 1 aliphatic heterocycles. The van der Waals surface area contributed by atoms with Gasteiger partial charge in [-0.15, -0.1) is 0 Å². The highest BCUT2D eigenvalue weighted by Gasteiger charge is 2.36. The molecule has 0 bridgehead atoms. The first-order valence-electron chi connectivity index (χ1n) is 10.3. The van der Waals surface area contributed by atoms with Gasteiger partial charge < -0.3 is 25.6 Å². The molecule has 2 unspecified atom stereocenters. The van der Waals surface area contributed by atoms with Gasteiger partial charge in [-0.3, -0.25) is 9.59 Å². The molecule has 31 heavy (non-hydrogen) atoms. The second-order valence-corrected chi connectivity index (χ2v) is 7.44. The molecule has 1 aliphatic rings. The van der Waals surface area contributed by atoms with Crippen LogP contribution in [0.1, 0.15) is 19.8 Å². The van der Waals surface area contributed by atoms with Gasteiger partial charge >= 0.3 is 6.09 Å². The van der Waals surface area contributed by atoms with E-state index < -0.39 is 18.2 Å². The summed E-state index contributed by atoms with van der Waals surface area (Å²) in [7, 11) is 3.11. The van der Waals surface area contributed by atoms with Crippen LogP contribution in [0.4, 0.5) is 16.2 Å². The quantitative estimate of drug-likeness (QED) is 0.662. The van der Waals surface area contributed by atoms with E-state index in [0.29, 0.717) is 18.7 Å². The zero-order valence-electron chi connectivity index (χ0n) is 18.0. The first kappa shape index (κ1) is 22.1. The average Bonchev–Trinajstić information content (AvgIpc) is 3.29. The fourth-order valence-electron chi connectivity index (χ4n) is 3.65. The van der Waals surface area contributed by atoms with E-state index in [1.54, 1.807) is 6.92 Å². The molecule has 3 rings (SSSR count). The Balaban J connectivity index is 1.63. The molecule has 8 nitrogen and oxygen atoms in total. The summed E-state index contributed by atoms with van der Waals surface area (Å²) >= 11 is 0. The lowest BCUT2D eigenvalue weighted by molar-refractivity contribution is -0.137. The van der Waals surface area contributed by atoms with E-state index in [1.807, 2.05) is 55.6 Å². The van der Waals surface area contributed by atoms with Gasteiger partial charge in [-0.25, -0.2) is 4.79 Å². The van der Waals surface area contributed by atoms with Crippen LogP contribution in [0, 0.1) is 0 Å². The van der Waals surface area contributed by atoms with Crippen LogP contribution in [0.15, 0.2) is 48.5 Å². The minimum atomic E-state index is -0.769. The third kappa shape index (κ3) is 5.33. The number of hydrogen-bond donors (Lipinski definition) is 3. The summed E-state index contributed by atoms with van der Waals surface area (Å²) in [6, 6.07) is 14.3.